The number of ketones is 1. The first-order valence-electron chi connectivity index (χ1n) is 8.33. The Bertz CT molecular complexity index is 1200. The SMILES string of the molecule is CC(=O)c1cc(-c2ccc3cnn(-c4cccc(C(F)(F)F)n4)c3c2)ccn1. The molecule has 0 saturated carbocycles. The van der Waals surface area contributed by atoms with E-state index in [1.165, 1.54) is 23.7 Å². The van der Waals surface area contributed by atoms with Gasteiger partial charge in [-0.3, -0.25) is 9.78 Å². The molecule has 4 aromatic rings. The number of aromatic nitrogens is 4. The summed E-state index contributed by atoms with van der Waals surface area (Å²) in [4.78, 5) is 19.3. The zero-order valence-electron chi connectivity index (χ0n) is 14.6. The third-order valence-corrected chi connectivity index (χ3v) is 4.27. The van der Waals surface area contributed by atoms with Crippen LogP contribution in [0.25, 0.3) is 27.8 Å². The van der Waals surface area contributed by atoms with Crippen LogP contribution in [0.2, 0.25) is 0 Å². The second kappa shape index (κ2) is 6.56. The van der Waals surface area contributed by atoms with E-state index in [-0.39, 0.29) is 11.6 Å². The van der Waals surface area contributed by atoms with Crippen molar-refractivity contribution < 1.29 is 18.0 Å². The first-order chi connectivity index (χ1) is 13.3. The molecule has 0 aliphatic rings. The van der Waals surface area contributed by atoms with Gasteiger partial charge in [0.15, 0.2) is 11.6 Å². The number of hydrogen-bond acceptors (Lipinski definition) is 4. The number of rotatable bonds is 3. The maximum Gasteiger partial charge on any atom is 0.433 e. The molecule has 0 aliphatic heterocycles. The number of Topliss-reactive ketones (excluding diaryl/α,β-unsaturated/α-hetero) is 1. The molecular weight excluding hydrogens is 369 g/mol. The van der Waals surface area contributed by atoms with Crippen molar-refractivity contribution in [2.45, 2.75) is 13.1 Å². The fourth-order valence-corrected chi connectivity index (χ4v) is 2.88. The Morgan fingerprint density at radius 3 is 2.57 bits per heavy atom. The zero-order valence-corrected chi connectivity index (χ0v) is 14.6. The van der Waals surface area contributed by atoms with E-state index >= 15 is 0 Å². The van der Waals surface area contributed by atoms with Crippen molar-refractivity contribution in [1.82, 2.24) is 19.7 Å². The Hall–Kier alpha value is -3.55. The molecule has 0 bridgehead atoms. The highest BCUT2D eigenvalue weighted by molar-refractivity contribution is 5.93. The van der Waals surface area contributed by atoms with Crippen LogP contribution < -0.4 is 0 Å². The monoisotopic (exact) mass is 382 g/mol. The molecule has 0 aliphatic carbocycles. The second-order valence-electron chi connectivity index (χ2n) is 6.19. The van der Waals surface area contributed by atoms with Crippen molar-refractivity contribution in [2.24, 2.45) is 0 Å². The number of pyridine rings is 2. The molecule has 28 heavy (non-hydrogen) atoms. The average molecular weight is 382 g/mol. The smallest absolute Gasteiger partial charge is 0.293 e. The molecule has 3 aromatic heterocycles. The molecule has 0 unspecified atom stereocenters. The minimum absolute atomic E-state index is 0.0705. The normalized spacial score (nSPS) is 11.7. The standard InChI is InChI=1S/C20H13F3N4O/c1-12(28)16-9-14(7-8-24-16)13-5-6-15-11-25-27(17(15)10-13)19-4-2-3-18(26-19)20(21,22)23/h2-11H,1H3. The van der Waals surface area contributed by atoms with Gasteiger partial charge in [0.05, 0.1) is 11.7 Å². The lowest BCUT2D eigenvalue weighted by molar-refractivity contribution is -0.141. The highest BCUT2D eigenvalue weighted by atomic mass is 19.4. The van der Waals surface area contributed by atoms with Gasteiger partial charge in [0, 0.05) is 18.5 Å². The lowest BCUT2D eigenvalue weighted by Gasteiger charge is -2.09. The van der Waals surface area contributed by atoms with E-state index in [0.29, 0.717) is 11.2 Å². The average Bonchev–Trinajstić information content (AvgIpc) is 3.10. The molecule has 5 nitrogen and oxygen atoms in total. The van der Waals surface area contributed by atoms with Crippen LogP contribution in [0, 0.1) is 0 Å². The van der Waals surface area contributed by atoms with Gasteiger partial charge in [0.25, 0.3) is 0 Å². The van der Waals surface area contributed by atoms with Gasteiger partial charge in [-0.25, -0.2) is 9.67 Å². The van der Waals surface area contributed by atoms with Crippen LogP contribution in [-0.2, 0) is 6.18 Å². The summed E-state index contributed by atoms with van der Waals surface area (Å²) in [5.74, 6) is -0.0812. The molecule has 8 heteroatoms. The summed E-state index contributed by atoms with van der Waals surface area (Å²) >= 11 is 0. The number of benzene rings is 1. The molecule has 140 valence electrons. The molecule has 0 saturated heterocycles. The molecule has 3 heterocycles. The van der Waals surface area contributed by atoms with E-state index < -0.39 is 11.9 Å². The summed E-state index contributed by atoms with van der Waals surface area (Å²) in [7, 11) is 0. The van der Waals surface area contributed by atoms with Gasteiger partial charge in [-0.15, -0.1) is 0 Å². The lowest BCUT2D eigenvalue weighted by Crippen LogP contribution is -2.10. The van der Waals surface area contributed by atoms with Crippen molar-refractivity contribution in [3.63, 3.8) is 0 Å². The van der Waals surface area contributed by atoms with Crippen LogP contribution in [0.4, 0.5) is 13.2 Å². The largest absolute Gasteiger partial charge is 0.433 e. The highest BCUT2D eigenvalue weighted by Crippen LogP contribution is 2.29. The Labute approximate surface area is 157 Å². The van der Waals surface area contributed by atoms with Crippen LogP contribution in [0.5, 0.6) is 0 Å². The molecule has 0 atom stereocenters. The number of nitrogens with zero attached hydrogens (tertiary/aromatic N) is 4. The molecule has 4 rings (SSSR count). The zero-order chi connectivity index (χ0) is 19.9. The van der Waals surface area contributed by atoms with E-state index in [2.05, 4.69) is 15.1 Å². The first kappa shape index (κ1) is 17.8. The predicted molar refractivity (Wildman–Crippen MR) is 97.1 cm³/mol. The maximum absolute atomic E-state index is 13.0. The minimum Gasteiger partial charge on any atom is -0.293 e. The number of halogens is 3. The van der Waals surface area contributed by atoms with E-state index in [4.69, 9.17) is 0 Å². The molecule has 0 spiro atoms. The summed E-state index contributed by atoms with van der Waals surface area (Å²) in [5.41, 5.74) is 1.51. The summed E-state index contributed by atoms with van der Waals surface area (Å²) in [6.45, 7) is 1.43. The number of hydrogen-bond donors (Lipinski definition) is 0. The van der Waals surface area contributed by atoms with E-state index in [1.807, 2.05) is 12.1 Å². The summed E-state index contributed by atoms with van der Waals surface area (Å²) in [6.07, 6.45) is -1.43. The van der Waals surface area contributed by atoms with Crippen molar-refractivity contribution in [3.8, 4) is 16.9 Å². The molecule has 0 N–H and O–H groups in total. The molecular formula is C20H13F3N4O. The Morgan fingerprint density at radius 1 is 1.04 bits per heavy atom. The van der Waals surface area contributed by atoms with Gasteiger partial charge in [-0.05, 0) is 41.5 Å². The molecule has 0 radical (unpaired) electrons. The fraction of sp³-hybridized carbons (Fsp3) is 0.100. The highest BCUT2D eigenvalue weighted by Gasteiger charge is 2.32. The van der Waals surface area contributed by atoms with Crippen LogP contribution in [0.1, 0.15) is 23.1 Å². The summed E-state index contributed by atoms with van der Waals surface area (Å²) in [5, 5.41) is 4.94. The fourth-order valence-electron chi connectivity index (χ4n) is 2.88. The van der Waals surface area contributed by atoms with Gasteiger partial charge >= 0.3 is 6.18 Å². The van der Waals surface area contributed by atoms with Crippen molar-refractivity contribution in [2.75, 3.05) is 0 Å². The van der Waals surface area contributed by atoms with Gasteiger partial charge in [0.1, 0.15) is 11.4 Å². The van der Waals surface area contributed by atoms with Crippen LogP contribution >= 0.6 is 0 Å². The number of carbonyl (C=O) groups excluding carboxylic acids is 1. The van der Waals surface area contributed by atoms with Gasteiger partial charge in [0.2, 0.25) is 0 Å². The molecule has 0 amide bonds. The third kappa shape index (κ3) is 3.24. The minimum atomic E-state index is -4.54. The van der Waals surface area contributed by atoms with Gasteiger partial charge in [-0.1, -0.05) is 18.2 Å². The quantitative estimate of drug-likeness (QED) is 0.482. The van der Waals surface area contributed by atoms with Crippen molar-refractivity contribution in [3.05, 3.63) is 72.3 Å². The predicted octanol–water partition coefficient (Wildman–Crippen LogP) is 4.70. The summed E-state index contributed by atoms with van der Waals surface area (Å²) < 4.78 is 40.3. The second-order valence-corrected chi connectivity index (χ2v) is 6.19. The number of fused-ring (bicyclic) bond motifs is 1. The van der Waals surface area contributed by atoms with Crippen molar-refractivity contribution >= 4 is 16.7 Å². The van der Waals surface area contributed by atoms with Gasteiger partial charge in [-0.2, -0.15) is 18.3 Å². The summed E-state index contributed by atoms with van der Waals surface area (Å²) in [6, 6.07) is 12.6. The van der Waals surface area contributed by atoms with Gasteiger partial charge < -0.3 is 0 Å². The molecule has 0 fully saturated rings. The lowest BCUT2D eigenvalue weighted by atomic mass is 10.0. The maximum atomic E-state index is 13.0. The van der Waals surface area contributed by atoms with Crippen LogP contribution in [-0.4, -0.2) is 25.5 Å². The molecule has 1 aromatic carbocycles. The third-order valence-electron chi connectivity index (χ3n) is 4.27. The van der Waals surface area contributed by atoms with E-state index in [1.54, 1.807) is 30.6 Å². The van der Waals surface area contributed by atoms with E-state index in [0.717, 1.165) is 22.6 Å². The van der Waals surface area contributed by atoms with E-state index in [9.17, 15) is 18.0 Å². The Kier molecular flexibility index (Phi) is 4.18. The van der Waals surface area contributed by atoms with Crippen LogP contribution in [0.15, 0.2) is 60.9 Å². The topological polar surface area (TPSA) is 60.7 Å². The Morgan fingerprint density at radius 2 is 1.82 bits per heavy atom. The number of alkyl halides is 3. The van der Waals surface area contributed by atoms with Crippen molar-refractivity contribution in [1.29, 1.82) is 0 Å². The van der Waals surface area contributed by atoms with Crippen LogP contribution in [0.3, 0.4) is 0 Å². The Balaban J connectivity index is 1.84. The first-order valence-corrected chi connectivity index (χ1v) is 8.33. The number of carbonyl (C=O) groups is 1.